The average molecular weight is 315 g/mol. The molecule has 0 radical (unpaired) electrons. The van der Waals surface area contributed by atoms with Gasteiger partial charge in [-0.2, -0.15) is 0 Å². The van der Waals surface area contributed by atoms with Gasteiger partial charge in [-0.05, 0) is 24.3 Å². The molecule has 1 amide bonds. The molecule has 1 aromatic rings. The molecule has 0 aliphatic carbocycles. The Balaban J connectivity index is 0.00000400. The summed E-state index contributed by atoms with van der Waals surface area (Å²) in [4.78, 5) is 23.0. The van der Waals surface area contributed by atoms with E-state index in [0.29, 0.717) is 12.8 Å². The number of carboxylic acid groups (broad SMARTS) is 1. The first kappa shape index (κ1) is 19.4. The van der Waals surface area contributed by atoms with Crippen LogP contribution in [-0.4, -0.2) is 29.1 Å². The molecule has 118 valence electrons. The third-order valence-corrected chi connectivity index (χ3v) is 2.96. The van der Waals surface area contributed by atoms with Crippen molar-refractivity contribution >= 4 is 24.3 Å². The number of benzene rings is 1. The van der Waals surface area contributed by atoms with Gasteiger partial charge in [0.2, 0.25) is 5.91 Å². The van der Waals surface area contributed by atoms with Gasteiger partial charge in [0.25, 0.3) is 0 Å². The Morgan fingerprint density at radius 2 is 1.81 bits per heavy atom. The van der Waals surface area contributed by atoms with Crippen LogP contribution in [0.3, 0.4) is 0 Å². The fourth-order valence-corrected chi connectivity index (χ4v) is 1.93. The van der Waals surface area contributed by atoms with Gasteiger partial charge in [-0.3, -0.25) is 4.79 Å². The van der Waals surface area contributed by atoms with Crippen LogP contribution >= 0.6 is 12.4 Å². The van der Waals surface area contributed by atoms with Crippen molar-refractivity contribution in [3.05, 3.63) is 35.9 Å². The molecule has 2 atom stereocenters. The standard InChI is InChI=1S/C15H22N2O3.ClH/c1-10(2)8-13(15(19)20)17-14(18)12(16)9-11-6-4-3-5-7-11;/h3-7,10,12-13H,8-9,16H2,1-2H3,(H,17,18)(H,19,20);1H. The molecule has 0 saturated heterocycles. The van der Waals surface area contributed by atoms with Crippen molar-refractivity contribution in [3.63, 3.8) is 0 Å². The summed E-state index contributed by atoms with van der Waals surface area (Å²) in [5.41, 5.74) is 6.77. The first-order valence-corrected chi connectivity index (χ1v) is 6.72. The second-order valence-corrected chi connectivity index (χ2v) is 5.33. The summed E-state index contributed by atoms with van der Waals surface area (Å²) < 4.78 is 0. The number of aliphatic carboxylic acids is 1. The van der Waals surface area contributed by atoms with Crippen molar-refractivity contribution in [1.29, 1.82) is 0 Å². The fourth-order valence-electron chi connectivity index (χ4n) is 1.93. The van der Waals surface area contributed by atoms with E-state index in [1.165, 1.54) is 0 Å². The number of halogens is 1. The number of carbonyl (C=O) groups excluding carboxylic acids is 1. The normalized spacial score (nSPS) is 13.1. The molecule has 0 saturated carbocycles. The third kappa shape index (κ3) is 7.11. The minimum Gasteiger partial charge on any atom is -0.480 e. The molecule has 6 heteroatoms. The maximum atomic E-state index is 11.9. The summed E-state index contributed by atoms with van der Waals surface area (Å²) in [7, 11) is 0. The van der Waals surface area contributed by atoms with Crippen molar-refractivity contribution in [2.75, 3.05) is 0 Å². The fraction of sp³-hybridized carbons (Fsp3) is 0.467. The van der Waals surface area contributed by atoms with Gasteiger partial charge in [0.05, 0.1) is 6.04 Å². The SMILES string of the molecule is CC(C)CC(NC(=O)C(N)Cc1ccccc1)C(=O)O.Cl. The lowest BCUT2D eigenvalue weighted by molar-refractivity contribution is -0.142. The summed E-state index contributed by atoms with van der Waals surface area (Å²) in [6.07, 6.45) is 0.778. The highest BCUT2D eigenvalue weighted by molar-refractivity contribution is 5.87. The summed E-state index contributed by atoms with van der Waals surface area (Å²) in [5.74, 6) is -1.28. The van der Waals surface area contributed by atoms with Crippen LogP contribution in [0.2, 0.25) is 0 Å². The molecule has 0 aliphatic heterocycles. The second-order valence-electron chi connectivity index (χ2n) is 5.33. The third-order valence-electron chi connectivity index (χ3n) is 2.96. The molecule has 0 aliphatic rings. The van der Waals surface area contributed by atoms with Crippen LogP contribution in [0.5, 0.6) is 0 Å². The van der Waals surface area contributed by atoms with Gasteiger partial charge in [-0.1, -0.05) is 44.2 Å². The van der Waals surface area contributed by atoms with Gasteiger partial charge in [-0.25, -0.2) is 4.79 Å². The van der Waals surface area contributed by atoms with Crippen LogP contribution in [-0.2, 0) is 16.0 Å². The highest BCUT2D eigenvalue weighted by atomic mass is 35.5. The Morgan fingerprint density at radius 1 is 1.24 bits per heavy atom. The summed E-state index contributed by atoms with van der Waals surface area (Å²) in [6, 6.07) is 7.78. The zero-order valence-electron chi connectivity index (χ0n) is 12.3. The quantitative estimate of drug-likeness (QED) is 0.712. The van der Waals surface area contributed by atoms with E-state index in [1.807, 2.05) is 44.2 Å². The smallest absolute Gasteiger partial charge is 0.326 e. The minimum atomic E-state index is -1.03. The Labute approximate surface area is 131 Å². The van der Waals surface area contributed by atoms with E-state index in [-0.39, 0.29) is 18.3 Å². The van der Waals surface area contributed by atoms with E-state index < -0.39 is 24.0 Å². The van der Waals surface area contributed by atoms with Crippen molar-refractivity contribution < 1.29 is 14.7 Å². The zero-order chi connectivity index (χ0) is 15.1. The van der Waals surface area contributed by atoms with Crippen LogP contribution in [0.15, 0.2) is 30.3 Å². The molecule has 0 heterocycles. The lowest BCUT2D eigenvalue weighted by Gasteiger charge is -2.19. The average Bonchev–Trinajstić information content (AvgIpc) is 2.38. The number of nitrogens with one attached hydrogen (secondary N) is 1. The second kappa shape index (κ2) is 9.37. The molecular formula is C15H23ClN2O3. The Morgan fingerprint density at radius 3 is 2.29 bits per heavy atom. The number of hydrogen-bond donors (Lipinski definition) is 3. The lowest BCUT2D eigenvalue weighted by Crippen LogP contribution is -2.49. The van der Waals surface area contributed by atoms with E-state index in [1.54, 1.807) is 0 Å². The van der Waals surface area contributed by atoms with E-state index in [2.05, 4.69) is 5.32 Å². The maximum Gasteiger partial charge on any atom is 0.326 e. The number of rotatable bonds is 7. The zero-order valence-corrected chi connectivity index (χ0v) is 13.1. The molecule has 21 heavy (non-hydrogen) atoms. The predicted octanol–water partition coefficient (Wildman–Crippen LogP) is 1.59. The molecule has 4 N–H and O–H groups in total. The molecular weight excluding hydrogens is 292 g/mol. The molecule has 0 spiro atoms. The van der Waals surface area contributed by atoms with Crippen LogP contribution in [0.25, 0.3) is 0 Å². The van der Waals surface area contributed by atoms with Crippen LogP contribution in [0, 0.1) is 5.92 Å². The molecule has 1 aromatic carbocycles. The molecule has 2 unspecified atom stereocenters. The van der Waals surface area contributed by atoms with E-state index in [4.69, 9.17) is 10.8 Å². The van der Waals surface area contributed by atoms with Crippen LogP contribution < -0.4 is 11.1 Å². The largest absolute Gasteiger partial charge is 0.480 e. The number of nitrogens with two attached hydrogens (primary N) is 1. The van der Waals surface area contributed by atoms with Gasteiger partial charge in [-0.15, -0.1) is 12.4 Å². The van der Waals surface area contributed by atoms with Crippen molar-refractivity contribution in [3.8, 4) is 0 Å². The van der Waals surface area contributed by atoms with E-state index in [0.717, 1.165) is 5.56 Å². The highest BCUT2D eigenvalue weighted by Gasteiger charge is 2.24. The van der Waals surface area contributed by atoms with E-state index >= 15 is 0 Å². The van der Waals surface area contributed by atoms with Gasteiger partial charge < -0.3 is 16.2 Å². The summed E-state index contributed by atoms with van der Waals surface area (Å²) in [5, 5.41) is 11.6. The van der Waals surface area contributed by atoms with Gasteiger partial charge in [0, 0.05) is 0 Å². The van der Waals surface area contributed by atoms with Crippen LogP contribution in [0.1, 0.15) is 25.8 Å². The molecule has 0 fully saturated rings. The topological polar surface area (TPSA) is 92.4 Å². The van der Waals surface area contributed by atoms with Crippen molar-refractivity contribution in [2.24, 2.45) is 11.7 Å². The molecule has 5 nitrogen and oxygen atoms in total. The number of carboxylic acids is 1. The van der Waals surface area contributed by atoms with Crippen molar-refractivity contribution in [2.45, 2.75) is 38.8 Å². The monoisotopic (exact) mass is 314 g/mol. The molecule has 1 rings (SSSR count). The summed E-state index contributed by atoms with van der Waals surface area (Å²) in [6.45, 7) is 3.82. The minimum absolute atomic E-state index is 0. The van der Waals surface area contributed by atoms with E-state index in [9.17, 15) is 9.59 Å². The molecule has 0 bridgehead atoms. The first-order valence-electron chi connectivity index (χ1n) is 6.72. The van der Waals surface area contributed by atoms with Gasteiger partial charge >= 0.3 is 5.97 Å². The number of hydrogen-bond acceptors (Lipinski definition) is 3. The summed E-state index contributed by atoms with van der Waals surface area (Å²) >= 11 is 0. The number of amides is 1. The Bertz CT molecular complexity index is 451. The highest BCUT2D eigenvalue weighted by Crippen LogP contribution is 2.06. The number of carbonyl (C=O) groups is 2. The molecule has 0 aromatic heterocycles. The maximum absolute atomic E-state index is 11.9. The van der Waals surface area contributed by atoms with Gasteiger partial charge in [0.15, 0.2) is 0 Å². The predicted molar refractivity (Wildman–Crippen MR) is 84.4 cm³/mol. The Hall–Kier alpha value is -1.59. The van der Waals surface area contributed by atoms with Crippen molar-refractivity contribution in [1.82, 2.24) is 5.32 Å². The Kier molecular flexibility index (Phi) is 8.66. The van der Waals surface area contributed by atoms with Gasteiger partial charge in [0.1, 0.15) is 6.04 Å². The first-order chi connectivity index (χ1) is 9.40. The lowest BCUT2D eigenvalue weighted by atomic mass is 10.0. The van der Waals surface area contributed by atoms with Crippen LogP contribution in [0.4, 0.5) is 0 Å².